The van der Waals surface area contributed by atoms with E-state index in [2.05, 4.69) is 4.72 Å². The topological polar surface area (TPSA) is 92.7 Å². The molecule has 6 nitrogen and oxygen atoms in total. The molecule has 0 spiro atoms. The third-order valence-electron chi connectivity index (χ3n) is 2.29. The first kappa shape index (κ1) is 12.4. The van der Waals surface area contributed by atoms with Crippen molar-refractivity contribution in [1.29, 1.82) is 0 Å². The van der Waals surface area contributed by atoms with E-state index in [0.717, 1.165) is 0 Å². The van der Waals surface area contributed by atoms with Gasteiger partial charge in [-0.1, -0.05) is 0 Å². The second-order valence-corrected chi connectivity index (χ2v) is 5.51. The second-order valence-electron chi connectivity index (χ2n) is 3.41. The summed E-state index contributed by atoms with van der Waals surface area (Å²) in [6.45, 7) is 1.69. The highest BCUT2D eigenvalue weighted by Crippen LogP contribution is 2.19. The molecule has 7 heteroatoms. The molecular formula is C8H15NO5S. The van der Waals surface area contributed by atoms with Gasteiger partial charge in [0.15, 0.2) is 6.10 Å². The maximum absolute atomic E-state index is 11.1. The standard InChI is InChI=1S/C8H15NO5S/c1-2-15(12,13)9-5-6-3-4-7(14-6)8(10)11/h6-7,9H,2-5H2,1H3,(H,10,11). The van der Waals surface area contributed by atoms with Gasteiger partial charge in [0.1, 0.15) is 0 Å². The van der Waals surface area contributed by atoms with Crippen LogP contribution in [0.1, 0.15) is 19.8 Å². The van der Waals surface area contributed by atoms with Crippen molar-refractivity contribution < 1.29 is 23.1 Å². The Morgan fingerprint density at radius 3 is 2.67 bits per heavy atom. The van der Waals surface area contributed by atoms with Gasteiger partial charge >= 0.3 is 5.97 Å². The number of hydrogen-bond acceptors (Lipinski definition) is 4. The zero-order valence-electron chi connectivity index (χ0n) is 8.47. The Kier molecular flexibility index (Phi) is 4.06. The summed E-state index contributed by atoms with van der Waals surface area (Å²) >= 11 is 0. The largest absolute Gasteiger partial charge is 0.479 e. The predicted octanol–water partition coefficient (Wildman–Crippen LogP) is -0.442. The molecular weight excluding hydrogens is 222 g/mol. The van der Waals surface area contributed by atoms with E-state index in [4.69, 9.17) is 9.84 Å². The van der Waals surface area contributed by atoms with Crippen molar-refractivity contribution in [2.24, 2.45) is 0 Å². The molecule has 15 heavy (non-hydrogen) atoms. The Bertz CT molecular complexity index is 326. The van der Waals surface area contributed by atoms with Gasteiger partial charge in [0, 0.05) is 6.54 Å². The average Bonchev–Trinajstić information content (AvgIpc) is 2.63. The lowest BCUT2D eigenvalue weighted by Gasteiger charge is -2.11. The van der Waals surface area contributed by atoms with Crippen LogP contribution in [0.25, 0.3) is 0 Å². The first-order valence-corrected chi connectivity index (χ1v) is 6.45. The fourth-order valence-electron chi connectivity index (χ4n) is 1.36. The average molecular weight is 237 g/mol. The maximum atomic E-state index is 11.1. The molecule has 2 atom stereocenters. The van der Waals surface area contributed by atoms with Crippen LogP contribution < -0.4 is 4.72 Å². The van der Waals surface area contributed by atoms with Gasteiger partial charge in [-0.3, -0.25) is 0 Å². The van der Waals surface area contributed by atoms with Crippen LogP contribution in [-0.2, 0) is 19.6 Å². The van der Waals surface area contributed by atoms with E-state index in [9.17, 15) is 13.2 Å². The molecule has 1 rings (SSSR count). The maximum Gasteiger partial charge on any atom is 0.332 e. The second kappa shape index (κ2) is 4.91. The van der Waals surface area contributed by atoms with Crippen LogP contribution in [-0.4, -0.2) is 44.0 Å². The summed E-state index contributed by atoms with van der Waals surface area (Å²) in [5.41, 5.74) is 0. The minimum absolute atomic E-state index is 0.0160. The Hall–Kier alpha value is -0.660. The lowest BCUT2D eigenvalue weighted by atomic mass is 10.2. The lowest BCUT2D eigenvalue weighted by molar-refractivity contribution is -0.149. The number of ether oxygens (including phenoxy) is 1. The van der Waals surface area contributed by atoms with E-state index in [0.29, 0.717) is 12.8 Å². The van der Waals surface area contributed by atoms with Gasteiger partial charge in [0.25, 0.3) is 0 Å². The van der Waals surface area contributed by atoms with Crippen molar-refractivity contribution in [2.75, 3.05) is 12.3 Å². The number of carbonyl (C=O) groups is 1. The van der Waals surface area contributed by atoms with E-state index in [-0.39, 0.29) is 18.4 Å². The van der Waals surface area contributed by atoms with Crippen LogP contribution in [0.3, 0.4) is 0 Å². The highest BCUT2D eigenvalue weighted by Gasteiger charge is 2.30. The van der Waals surface area contributed by atoms with E-state index >= 15 is 0 Å². The molecule has 2 N–H and O–H groups in total. The number of rotatable bonds is 5. The molecule has 0 aliphatic carbocycles. The number of carboxylic acids is 1. The number of aliphatic carboxylic acids is 1. The molecule has 0 aromatic rings. The van der Waals surface area contributed by atoms with Gasteiger partial charge in [-0.15, -0.1) is 0 Å². The number of nitrogens with one attached hydrogen (secondary N) is 1. The molecule has 2 unspecified atom stereocenters. The van der Waals surface area contributed by atoms with Crippen LogP contribution in [0.15, 0.2) is 0 Å². The Labute approximate surface area is 88.7 Å². The monoisotopic (exact) mass is 237 g/mol. The summed E-state index contributed by atoms with van der Waals surface area (Å²) in [5.74, 6) is -0.974. The zero-order chi connectivity index (χ0) is 11.5. The van der Waals surface area contributed by atoms with Gasteiger partial charge in [0.05, 0.1) is 11.9 Å². The molecule has 0 saturated carbocycles. The fourth-order valence-corrected chi connectivity index (χ4v) is 2.00. The number of hydrogen-bond donors (Lipinski definition) is 2. The summed E-state index contributed by atoms with van der Waals surface area (Å²) in [6, 6.07) is 0. The molecule has 0 radical (unpaired) electrons. The van der Waals surface area contributed by atoms with Crippen LogP contribution in [0.4, 0.5) is 0 Å². The van der Waals surface area contributed by atoms with Crippen molar-refractivity contribution in [3.05, 3.63) is 0 Å². The lowest BCUT2D eigenvalue weighted by Crippen LogP contribution is -2.33. The third-order valence-corrected chi connectivity index (χ3v) is 3.66. The highest BCUT2D eigenvalue weighted by molar-refractivity contribution is 7.89. The predicted molar refractivity (Wildman–Crippen MR) is 53.0 cm³/mol. The van der Waals surface area contributed by atoms with E-state index < -0.39 is 22.1 Å². The first-order valence-electron chi connectivity index (χ1n) is 4.80. The smallest absolute Gasteiger partial charge is 0.332 e. The van der Waals surface area contributed by atoms with Crippen molar-refractivity contribution >= 4 is 16.0 Å². The molecule has 0 aromatic heterocycles. The summed E-state index contributed by atoms with van der Waals surface area (Å²) in [6.07, 6.45) is -0.106. The van der Waals surface area contributed by atoms with E-state index in [1.54, 1.807) is 0 Å². The molecule has 0 aromatic carbocycles. The molecule has 1 saturated heterocycles. The minimum Gasteiger partial charge on any atom is -0.479 e. The summed E-state index contributed by atoms with van der Waals surface area (Å²) in [7, 11) is -3.22. The van der Waals surface area contributed by atoms with Crippen molar-refractivity contribution in [2.45, 2.75) is 32.0 Å². The van der Waals surface area contributed by atoms with Crippen molar-refractivity contribution in [3.63, 3.8) is 0 Å². The van der Waals surface area contributed by atoms with E-state index in [1.165, 1.54) is 6.92 Å². The fraction of sp³-hybridized carbons (Fsp3) is 0.875. The zero-order valence-corrected chi connectivity index (χ0v) is 9.29. The minimum atomic E-state index is -3.22. The molecule has 0 bridgehead atoms. The van der Waals surface area contributed by atoms with E-state index in [1.807, 2.05) is 0 Å². The van der Waals surface area contributed by atoms with Gasteiger partial charge in [-0.25, -0.2) is 17.9 Å². The Morgan fingerprint density at radius 1 is 1.53 bits per heavy atom. The summed E-state index contributed by atoms with van der Waals surface area (Å²) < 4.78 is 29.7. The third kappa shape index (κ3) is 3.77. The molecule has 88 valence electrons. The number of sulfonamides is 1. The van der Waals surface area contributed by atoms with Gasteiger partial charge in [-0.2, -0.15) is 0 Å². The van der Waals surface area contributed by atoms with Crippen molar-refractivity contribution in [3.8, 4) is 0 Å². The number of carboxylic acid groups (broad SMARTS) is 1. The van der Waals surface area contributed by atoms with Crippen LogP contribution in [0, 0.1) is 0 Å². The quantitative estimate of drug-likeness (QED) is 0.676. The SMILES string of the molecule is CCS(=O)(=O)NCC1CCC(C(=O)O)O1. The molecule has 1 aliphatic heterocycles. The normalized spacial score (nSPS) is 26.7. The summed E-state index contributed by atoms with van der Waals surface area (Å²) in [5, 5.41) is 8.64. The molecule has 0 amide bonds. The van der Waals surface area contributed by atoms with Crippen LogP contribution in [0.5, 0.6) is 0 Å². The molecule has 1 aliphatic rings. The first-order chi connectivity index (χ1) is 6.94. The van der Waals surface area contributed by atoms with Gasteiger partial charge in [0.2, 0.25) is 10.0 Å². The highest BCUT2D eigenvalue weighted by atomic mass is 32.2. The summed E-state index contributed by atoms with van der Waals surface area (Å²) in [4.78, 5) is 10.5. The Morgan fingerprint density at radius 2 is 2.20 bits per heavy atom. The molecule has 1 heterocycles. The molecule has 1 fully saturated rings. The van der Waals surface area contributed by atoms with Gasteiger partial charge in [-0.05, 0) is 19.8 Å². The van der Waals surface area contributed by atoms with Gasteiger partial charge < -0.3 is 9.84 Å². The van der Waals surface area contributed by atoms with Crippen LogP contribution >= 0.6 is 0 Å². The van der Waals surface area contributed by atoms with Crippen molar-refractivity contribution in [1.82, 2.24) is 4.72 Å². The Balaban J connectivity index is 2.34. The van der Waals surface area contributed by atoms with Crippen LogP contribution in [0.2, 0.25) is 0 Å².